The van der Waals surface area contributed by atoms with E-state index < -0.39 is 0 Å². The molecule has 3 aromatic rings. The molecule has 5 nitrogen and oxygen atoms in total. The van der Waals surface area contributed by atoms with Crippen LogP contribution in [0.1, 0.15) is 5.56 Å². The molecule has 0 atom stereocenters. The number of aromatic nitrogens is 2. The topological polar surface area (TPSA) is 63.2 Å². The van der Waals surface area contributed by atoms with E-state index in [9.17, 15) is 5.11 Å². The van der Waals surface area contributed by atoms with E-state index in [0.717, 1.165) is 22.3 Å². The maximum Gasteiger partial charge on any atom is 0.203 e. The minimum Gasteiger partial charge on any atom is -0.491 e. The second kappa shape index (κ2) is 6.71. The van der Waals surface area contributed by atoms with Gasteiger partial charge in [-0.2, -0.15) is 0 Å². The predicted molar refractivity (Wildman–Crippen MR) is 89.5 cm³/mol. The highest BCUT2D eigenvalue weighted by Gasteiger charge is 2.10. The first-order chi connectivity index (χ1) is 11.2. The van der Waals surface area contributed by atoms with E-state index in [1.807, 2.05) is 64.6 Å². The molecule has 2 N–H and O–H groups in total. The summed E-state index contributed by atoms with van der Waals surface area (Å²) in [5, 5.41) is 17.6. The number of aliphatic hydroxyl groups excluding tert-OH is 1. The van der Waals surface area contributed by atoms with Crippen LogP contribution in [0.4, 0.5) is 0 Å². The summed E-state index contributed by atoms with van der Waals surface area (Å²) < 4.78 is 9.59. The second-order valence-corrected chi connectivity index (χ2v) is 5.45. The van der Waals surface area contributed by atoms with Gasteiger partial charge in [-0.25, -0.2) is 0 Å². The van der Waals surface area contributed by atoms with Gasteiger partial charge < -0.3 is 19.0 Å². The molecule has 0 aliphatic carbocycles. The molecule has 1 heterocycles. The number of nitrogens with one attached hydrogen (secondary N) is 1. The van der Waals surface area contributed by atoms with E-state index in [4.69, 9.17) is 10.1 Å². The number of ether oxygens (including phenoxy) is 1. The van der Waals surface area contributed by atoms with Crippen LogP contribution < -0.4 is 10.4 Å². The van der Waals surface area contributed by atoms with Gasteiger partial charge in [-0.3, -0.25) is 5.41 Å². The molecule has 0 saturated carbocycles. The molecule has 3 rings (SSSR count). The van der Waals surface area contributed by atoms with Crippen LogP contribution in [0.2, 0.25) is 0 Å². The highest BCUT2D eigenvalue weighted by Crippen LogP contribution is 2.17. The van der Waals surface area contributed by atoms with Crippen LogP contribution in [-0.4, -0.2) is 27.5 Å². The lowest BCUT2D eigenvalue weighted by molar-refractivity contribution is 0.271. The van der Waals surface area contributed by atoms with Gasteiger partial charge in [0.25, 0.3) is 0 Å². The number of benzene rings is 2. The second-order valence-electron chi connectivity index (χ2n) is 5.45. The number of aryl methyl sites for hydroxylation is 1. The zero-order valence-electron chi connectivity index (χ0n) is 13.2. The SMILES string of the molecule is Cc1ccccc1OCCn1c(=N)n(CCO)c2ccccc21. The van der Waals surface area contributed by atoms with Crippen molar-refractivity contribution in [3.05, 3.63) is 59.7 Å². The first-order valence-corrected chi connectivity index (χ1v) is 7.74. The molecule has 0 amide bonds. The lowest BCUT2D eigenvalue weighted by Crippen LogP contribution is -2.27. The van der Waals surface area contributed by atoms with Crippen molar-refractivity contribution >= 4 is 11.0 Å². The standard InChI is InChI=1S/C18H21N3O2/c1-14-6-2-5-9-17(14)23-13-11-21-16-8-4-3-7-15(16)20(10-12-22)18(21)19/h2-9,19,22H,10-13H2,1H3. The smallest absolute Gasteiger partial charge is 0.203 e. The molecule has 0 fully saturated rings. The Morgan fingerprint density at radius 1 is 0.957 bits per heavy atom. The minimum absolute atomic E-state index is 0.0181. The number of nitrogens with zero attached hydrogens (tertiary/aromatic N) is 2. The van der Waals surface area contributed by atoms with Crippen molar-refractivity contribution in [2.24, 2.45) is 0 Å². The first-order valence-electron chi connectivity index (χ1n) is 7.74. The van der Waals surface area contributed by atoms with E-state index in [1.54, 1.807) is 0 Å². The van der Waals surface area contributed by atoms with E-state index >= 15 is 0 Å². The van der Waals surface area contributed by atoms with Gasteiger partial charge >= 0.3 is 0 Å². The lowest BCUT2D eigenvalue weighted by atomic mass is 10.2. The molecular formula is C18H21N3O2. The molecule has 0 bridgehead atoms. The van der Waals surface area contributed by atoms with Crippen LogP contribution >= 0.6 is 0 Å². The van der Waals surface area contributed by atoms with Crippen molar-refractivity contribution in [2.75, 3.05) is 13.2 Å². The summed E-state index contributed by atoms with van der Waals surface area (Å²) in [5.74, 6) is 0.874. The average Bonchev–Trinajstić information content (AvgIpc) is 2.83. The van der Waals surface area contributed by atoms with Crippen molar-refractivity contribution in [2.45, 2.75) is 20.0 Å². The Hall–Kier alpha value is -2.53. The molecule has 2 aromatic carbocycles. The van der Waals surface area contributed by atoms with E-state index in [2.05, 4.69) is 0 Å². The largest absolute Gasteiger partial charge is 0.491 e. The fourth-order valence-corrected chi connectivity index (χ4v) is 2.81. The third-order valence-electron chi connectivity index (χ3n) is 3.96. The van der Waals surface area contributed by atoms with Crippen molar-refractivity contribution in [1.29, 1.82) is 5.41 Å². The molecule has 0 spiro atoms. The number of rotatable bonds is 6. The fourth-order valence-electron chi connectivity index (χ4n) is 2.81. The maximum absolute atomic E-state index is 9.23. The Morgan fingerprint density at radius 2 is 1.57 bits per heavy atom. The van der Waals surface area contributed by atoms with E-state index in [1.165, 1.54) is 0 Å². The fraction of sp³-hybridized carbons (Fsp3) is 0.278. The Morgan fingerprint density at radius 3 is 2.22 bits per heavy atom. The van der Waals surface area contributed by atoms with Crippen LogP contribution in [0.25, 0.3) is 11.0 Å². The number of fused-ring (bicyclic) bond motifs is 1. The minimum atomic E-state index is 0.0181. The van der Waals surface area contributed by atoms with Gasteiger partial charge in [0.2, 0.25) is 5.62 Å². The van der Waals surface area contributed by atoms with E-state index in [0.29, 0.717) is 25.3 Å². The van der Waals surface area contributed by atoms with Gasteiger partial charge in [-0.1, -0.05) is 30.3 Å². The maximum atomic E-state index is 9.23. The molecule has 0 unspecified atom stereocenters. The third kappa shape index (κ3) is 3.00. The van der Waals surface area contributed by atoms with Crippen LogP contribution in [0.5, 0.6) is 5.75 Å². The molecule has 120 valence electrons. The molecule has 0 aliphatic heterocycles. The van der Waals surface area contributed by atoms with Gasteiger partial charge in [0.05, 0.1) is 24.2 Å². The monoisotopic (exact) mass is 311 g/mol. The Labute approximate surface area is 134 Å². The summed E-state index contributed by atoms with van der Waals surface area (Å²) in [4.78, 5) is 0. The molecule has 0 saturated heterocycles. The highest BCUT2D eigenvalue weighted by atomic mass is 16.5. The number of imidazole rings is 1. The first kappa shape index (κ1) is 15.4. The zero-order valence-corrected chi connectivity index (χ0v) is 13.2. The molecule has 0 aliphatic rings. The molecule has 23 heavy (non-hydrogen) atoms. The summed E-state index contributed by atoms with van der Waals surface area (Å²) in [5.41, 5.74) is 3.43. The van der Waals surface area contributed by atoms with Gasteiger partial charge in [-0.15, -0.1) is 0 Å². The lowest BCUT2D eigenvalue weighted by Gasteiger charge is -2.10. The molecule has 1 aromatic heterocycles. The van der Waals surface area contributed by atoms with Crippen molar-refractivity contribution in [1.82, 2.24) is 9.13 Å². The Bertz CT molecular complexity index is 864. The van der Waals surface area contributed by atoms with Crippen LogP contribution in [-0.2, 0) is 13.1 Å². The van der Waals surface area contributed by atoms with E-state index in [-0.39, 0.29) is 6.61 Å². The van der Waals surface area contributed by atoms with Gasteiger partial charge in [0.1, 0.15) is 12.4 Å². The number of aliphatic hydroxyl groups is 1. The predicted octanol–water partition coefficient (Wildman–Crippen LogP) is 2.30. The van der Waals surface area contributed by atoms with Gasteiger partial charge in [-0.05, 0) is 30.7 Å². The molecule has 0 radical (unpaired) electrons. The van der Waals surface area contributed by atoms with Crippen LogP contribution in [0, 0.1) is 12.3 Å². The summed E-state index contributed by atoms with van der Waals surface area (Å²) in [6.45, 7) is 3.54. The normalized spacial score (nSPS) is 11.0. The number of hydrogen-bond donors (Lipinski definition) is 2. The van der Waals surface area contributed by atoms with Gasteiger partial charge in [0, 0.05) is 6.54 Å². The highest BCUT2D eigenvalue weighted by molar-refractivity contribution is 5.75. The molecule has 5 heteroatoms. The third-order valence-corrected chi connectivity index (χ3v) is 3.96. The Balaban J connectivity index is 1.84. The quantitative estimate of drug-likeness (QED) is 0.734. The zero-order chi connectivity index (χ0) is 16.2. The summed E-state index contributed by atoms with van der Waals surface area (Å²) in [7, 11) is 0. The average molecular weight is 311 g/mol. The van der Waals surface area contributed by atoms with Crippen LogP contribution in [0.3, 0.4) is 0 Å². The summed E-state index contributed by atoms with van der Waals surface area (Å²) >= 11 is 0. The van der Waals surface area contributed by atoms with Crippen molar-refractivity contribution < 1.29 is 9.84 Å². The Kier molecular flexibility index (Phi) is 4.48. The molecular weight excluding hydrogens is 290 g/mol. The van der Waals surface area contributed by atoms with Gasteiger partial charge in [0.15, 0.2) is 0 Å². The number of para-hydroxylation sites is 3. The summed E-state index contributed by atoms with van der Waals surface area (Å²) in [6, 6.07) is 15.8. The summed E-state index contributed by atoms with van der Waals surface area (Å²) in [6.07, 6.45) is 0. The number of hydrogen-bond acceptors (Lipinski definition) is 3. The van der Waals surface area contributed by atoms with Crippen molar-refractivity contribution in [3.8, 4) is 5.75 Å². The van der Waals surface area contributed by atoms with Crippen LogP contribution in [0.15, 0.2) is 48.5 Å². The van der Waals surface area contributed by atoms with Crippen molar-refractivity contribution in [3.63, 3.8) is 0 Å².